The smallest absolute Gasteiger partial charge is 0.142 e. The molecule has 0 fully saturated rings. The highest BCUT2D eigenvalue weighted by Gasteiger charge is 2.10. The van der Waals surface area contributed by atoms with E-state index in [-0.39, 0.29) is 0 Å². The standard InChI is InChI=1S/C23H36O2.C3H4O.C2H6/c1-17(2)10-11-18(3)20(5)16-23(14-15-24-8)22(7)19(4)12-13-21(6)25-9;1-2-3-4;1-2/h12-13,16-18H,4-7,10-11,14-15H2,1-3,8-9H3;2-3H,1H2;1-2H3/b13-12-,23-16-;;. The summed E-state index contributed by atoms with van der Waals surface area (Å²) in [5.74, 6) is 1.74. The minimum absolute atomic E-state index is 0.449. The maximum atomic E-state index is 9.06. The average Bonchev–Trinajstić information content (AvgIpc) is 2.78. The Bertz CT molecular complexity index is 612. The maximum Gasteiger partial charge on any atom is 0.142 e. The van der Waals surface area contributed by atoms with E-state index in [1.165, 1.54) is 12.5 Å². The lowest BCUT2D eigenvalue weighted by Crippen LogP contribution is -2.02. The topological polar surface area (TPSA) is 35.5 Å². The summed E-state index contributed by atoms with van der Waals surface area (Å²) in [5, 5.41) is 0. The van der Waals surface area contributed by atoms with Gasteiger partial charge in [0.2, 0.25) is 0 Å². The summed E-state index contributed by atoms with van der Waals surface area (Å²) in [6, 6.07) is 0. The van der Waals surface area contributed by atoms with E-state index in [0.717, 1.165) is 35.1 Å². The van der Waals surface area contributed by atoms with Crippen LogP contribution in [0.4, 0.5) is 0 Å². The van der Waals surface area contributed by atoms with Crippen LogP contribution in [0.2, 0.25) is 0 Å². The Morgan fingerprint density at radius 3 is 1.94 bits per heavy atom. The minimum atomic E-state index is 0.449. The summed E-state index contributed by atoms with van der Waals surface area (Å²) in [6.07, 6.45) is 10.8. The molecule has 0 aromatic heterocycles. The monoisotopic (exact) mass is 430 g/mol. The van der Waals surface area contributed by atoms with Crippen LogP contribution in [0.25, 0.3) is 0 Å². The maximum absolute atomic E-state index is 9.06. The first-order chi connectivity index (χ1) is 14.6. The van der Waals surface area contributed by atoms with Crippen molar-refractivity contribution in [3.8, 4) is 0 Å². The molecule has 0 aromatic rings. The zero-order valence-electron chi connectivity index (χ0n) is 21.1. The van der Waals surface area contributed by atoms with Gasteiger partial charge in [0.1, 0.15) is 12.0 Å². The van der Waals surface area contributed by atoms with Crippen molar-refractivity contribution in [2.45, 2.75) is 53.9 Å². The van der Waals surface area contributed by atoms with E-state index >= 15 is 0 Å². The fourth-order valence-electron chi connectivity index (χ4n) is 2.23. The van der Waals surface area contributed by atoms with Gasteiger partial charge in [0.05, 0.1) is 13.7 Å². The van der Waals surface area contributed by atoms with Crippen molar-refractivity contribution >= 4 is 6.29 Å². The molecule has 0 aliphatic heterocycles. The molecule has 1 atom stereocenters. The van der Waals surface area contributed by atoms with Crippen LogP contribution in [-0.2, 0) is 14.3 Å². The third kappa shape index (κ3) is 19.3. The van der Waals surface area contributed by atoms with E-state index in [2.05, 4.69) is 59.7 Å². The molecule has 0 heterocycles. The second-order valence-corrected chi connectivity index (χ2v) is 7.24. The molecule has 176 valence electrons. The quantitative estimate of drug-likeness (QED) is 0.122. The molecule has 0 spiro atoms. The van der Waals surface area contributed by atoms with E-state index < -0.39 is 0 Å². The Morgan fingerprint density at radius 2 is 1.52 bits per heavy atom. The number of ether oxygens (including phenoxy) is 2. The van der Waals surface area contributed by atoms with Crippen LogP contribution in [0, 0.1) is 11.8 Å². The summed E-state index contributed by atoms with van der Waals surface area (Å²) in [6.45, 7) is 30.8. The van der Waals surface area contributed by atoms with Crippen LogP contribution in [0.15, 0.2) is 85.3 Å². The number of hydrogen-bond donors (Lipinski definition) is 0. The normalized spacial score (nSPS) is 11.4. The minimum Gasteiger partial charge on any atom is -0.497 e. The predicted molar refractivity (Wildman–Crippen MR) is 138 cm³/mol. The molecule has 3 nitrogen and oxygen atoms in total. The molecule has 3 heteroatoms. The average molecular weight is 431 g/mol. The fraction of sp³-hybridized carbons (Fsp3) is 0.464. The van der Waals surface area contributed by atoms with Gasteiger partial charge in [0.15, 0.2) is 0 Å². The van der Waals surface area contributed by atoms with Crippen molar-refractivity contribution in [2.24, 2.45) is 11.8 Å². The highest BCUT2D eigenvalue weighted by atomic mass is 16.5. The van der Waals surface area contributed by atoms with Crippen molar-refractivity contribution in [3.05, 3.63) is 85.3 Å². The molecule has 0 bridgehead atoms. The highest BCUT2D eigenvalue weighted by molar-refractivity contribution is 5.63. The van der Waals surface area contributed by atoms with Crippen molar-refractivity contribution in [2.75, 3.05) is 20.8 Å². The van der Waals surface area contributed by atoms with Gasteiger partial charge in [-0.05, 0) is 53.5 Å². The summed E-state index contributed by atoms with van der Waals surface area (Å²) in [4.78, 5) is 9.06. The molecule has 0 saturated carbocycles. The van der Waals surface area contributed by atoms with Crippen LogP contribution >= 0.6 is 0 Å². The van der Waals surface area contributed by atoms with Crippen LogP contribution in [-0.4, -0.2) is 27.1 Å². The van der Waals surface area contributed by atoms with E-state index in [1.807, 2.05) is 19.9 Å². The molecule has 0 aliphatic rings. The van der Waals surface area contributed by atoms with Gasteiger partial charge in [0, 0.05) is 7.11 Å². The van der Waals surface area contributed by atoms with Gasteiger partial charge >= 0.3 is 0 Å². The van der Waals surface area contributed by atoms with E-state index in [0.29, 0.717) is 30.5 Å². The van der Waals surface area contributed by atoms with Gasteiger partial charge in [0.25, 0.3) is 0 Å². The van der Waals surface area contributed by atoms with Gasteiger partial charge in [-0.15, -0.1) is 0 Å². The Kier molecular flexibility index (Phi) is 23.9. The van der Waals surface area contributed by atoms with Gasteiger partial charge in [-0.2, -0.15) is 0 Å². The number of methoxy groups -OCH3 is 2. The summed E-state index contributed by atoms with van der Waals surface area (Å²) in [5.41, 5.74) is 3.98. The largest absolute Gasteiger partial charge is 0.497 e. The number of carbonyl (C=O) groups is 1. The molecule has 0 aliphatic carbocycles. The first-order valence-electron chi connectivity index (χ1n) is 10.9. The van der Waals surface area contributed by atoms with Crippen LogP contribution < -0.4 is 0 Å². The Balaban J connectivity index is -0.00000116. The van der Waals surface area contributed by atoms with Crippen molar-refractivity contribution < 1.29 is 14.3 Å². The number of allylic oxidation sites excluding steroid dienone is 7. The van der Waals surface area contributed by atoms with Gasteiger partial charge in [-0.25, -0.2) is 0 Å². The molecule has 1 unspecified atom stereocenters. The first kappa shape index (κ1) is 33.3. The fourth-order valence-corrected chi connectivity index (χ4v) is 2.23. The Labute approximate surface area is 192 Å². The Morgan fingerprint density at radius 1 is 0.968 bits per heavy atom. The molecular weight excluding hydrogens is 384 g/mol. The third-order valence-corrected chi connectivity index (χ3v) is 4.35. The predicted octanol–water partition coefficient (Wildman–Crippen LogP) is 7.80. The van der Waals surface area contributed by atoms with Crippen molar-refractivity contribution in [1.82, 2.24) is 0 Å². The second-order valence-electron chi connectivity index (χ2n) is 7.24. The third-order valence-electron chi connectivity index (χ3n) is 4.35. The van der Waals surface area contributed by atoms with E-state index in [9.17, 15) is 0 Å². The lowest BCUT2D eigenvalue weighted by atomic mass is 9.89. The second kappa shape index (κ2) is 22.3. The number of rotatable bonds is 14. The van der Waals surface area contributed by atoms with Gasteiger partial charge in [-0.3, -0.25) is 4.79 Å². The van der Waals surface area contributed by atoms with E-state index in [4.69, 9.17) is 14.3 Å². The molecule has 0 saturated heterocycles. The zero-order valence-corrected chi connectivity index (χ0v) is 21.1. The molecule has 0 rings (SSSR count). The summed E-state index contributed by atoms with van der Waals surface area (Å²) >= 11 is 0. The van der Waals surface area contributed by atoms with Crippen molar-refractivity contribution in [1.29, 1.82) is 0 Å². The number of hydrogen-bond acceptors (Lipinski definition) is 3. The zero-order chi connectivity index (χ0) is 24.8. The molecule has 0 radical (unpaired) electrons. The van der Waals surface area contributed by atoms with Crippen molar-refractivity contribution in [3.63, 3.8) is 0 Å². The van der Waals surface area contributed by atoms with E-state index in [1.54, 1.807) is 20.3 Å². The van der Waals surface area contributed by atoms with Crippen LogP contribution in [0.3, 0.4) is 0 Å². The molecular formula is C28H46O3. The molecule has 31 heavy (non-hydrogen) atoms. The lowest BCUT2D eigenvalue weighted by Gasteiger charge is -2.17. The molecule has 0 aromatic carbocycles. The lowest BCUT2D eigenvalue weighted by molar-refractivity contribution is -0.104. The highest BCUT2D eigenvalue weighted by Crippen LogP contribution is 2.26. The summed E-state index contributed by atoms with van der Waals surface area (Å²) in [7, 11) is 3.30. The van der Waals surface area contributed by atoms with Crippen LogP contribution in [0.1, 0.15) is 53.9 Å². The molecule has 0 amide bonds. The van der Waals surface area contributed by atoms with Gasteiger partial charge in [-0.1, -0.05) is 91.7 Å². The number of aldehydes is 1. The summed E-state index contributed by atoms with van der Waals surface area (Å²) < 4.78 is 10.3. The Hall–Kier alpha value is -2.39. The molecule has 0 N–H and O–H groups in total. The first-order valence-corrected chi connectivity index (χ1v) is 10.9. The van der Waals surface area contributed by atoms with Gasteiger partial charge < -0.3 is 9.47 Å². The SMILES string of the molecule is C=C(/C=C\C(=C)C(=C)/C(=C\C(=C)C(C)CCC(C)C)CCOC)OC.C=CC=O.CC. The number of carbonyl (C=O) groups excluding carboxylic acids is 1. The van der Waals surface area contributed by atoms with Crippen LogP contribution in [0.5, 0.6) is 0 Å².